The van der Waals surface area contributed by atoms with Gasteiger partial charge in [0, 0.05) is 31.6 Å². The van der Waals surface area contributed by atoms with Gasteiger partial charge in [0.15, 0.2) is 5.71 Å². The third-order valence-electron chi connectivity index (χ3n) is 4.75. The van der Waals surface area contributed by atoms with E-state index < -0.39 is 20.3 Å². The molecule has 8 nitrogen and oxygen atoms in total. The Labute approximate surface area is 156 Å². The first-order valence-electron chi connectivity index (χ1n) is 8.02. The second-order valence-electron chi connectivity index (χ2n) is 6.42. The Bertz CT molecular complexity index is 789. The maximum Gasteiger partial charge on any atom is 0.243 e. The zero-order chi connectivity index (χ0) is 20.5. The fourth-order valence-corrected chi connectivity index (χ4v) is 4.46. The Balaban J connectivity index is 0.000000597. The third kappa shape index (κ3) is 4.80. The Morgan fingerprint density at radius 3 is 2.00 bits per heavy atom. The average Bonchev–Trinajstić information content (AvgIpc) is 2.67. The normalized spacial score (nSPS) is 16.4. The van der Waals surface area contributed by atoms with E-state index in [1.165, 1.54) is 10.0 Å². The molecule has 0 bridgehead atoms. The third-order valence-corrected chi connectivity index (χ3v) is 6.80. The summed E-state index contributed by atoms with van der Waals surface area (Å²) in [4.78, 5) is 0.390. The monoisotopic (exact) mass is 408 g/mol. The van der Waals surface area contributed by atoms with E-state index in [0.29, 0.717) is 18.0 Å². The summed E-state index contributed by atoms with van der Waals surface area (Å²) in [5.74, 6) is 0. The van der Waals surface area contributed by atoms with Crippen LogP contribution in [0.5, 0.6) is 0 Å². The van der Waals surface area contributed by atoms with Gasteiger partial charge in [0.05, 0.1) is 10.3 Å². The van der Waals surface area contributed by atoms with Crippen LogP contribution in [0.25, 0.3) is 0 Å². The highest BCUT2D eigenvalue weighted by atomic mass is 35.7. The molecule has 0 fully saturated rings. The van der Waals surface area contributed by atoms with E-state index in [1.807, 2.05) is 33.0 Å². The summed E-state index contributed by atoms with van der Waals surface area (Å²) in [6, 6.07) is 5.48. The molecule has 1 aliphatic rings. The number of hydrogen-bond acceptors (Lipinski definition) is 6. The summed E-state index contributed by atoms with van der Waals surface area (Å²) in [6.07, 6.45) is 0. The second-order valence-corrected chi connectivity index (χ2v) is 9.11. The highest BCUT2D eigenvalue weighted by molar-refractivity contribution is 7.89. The smallest absolute Gasteiger partial charge is 0.222 e. The molecule has 0 aliphatic carbocycles. The van der Waals surface area contributed by atoms with E-state index in [9.17, 15) is 8.42 Å². The molecule has 0 saturated heterocycles. The second kappa shape index (κ2) is 7.89. The zero-order valence-electron chi connectivity index (χ0n) is 15.8. The van der Waals surface area contributed by atoms with Crippen LogP contribution >= 0.6 is 0 Å². The van der Waals surface area contributed by atoms with Gasteiger partial charge >= 0.3 is 0 Å². The maximum absolute atomic E-state index is 12.7. The van der Waals surface area contributed by atoms with Crippen LogP contribution in [0.3, 0.4) is 0 Å². The summed E-state index contributed by atoms with van der Waals surface area (Å²) in [6.45, 7) is 11.1. The van der Waals surface area contributed by atoms with Gasteiger partial charge in [-0.2, -0.15) is 4.31 Å². The van der Waals surface area contributed by atoms with Crippen molar-refractivity contribution in [3.05, 3.63) is 23.8 Å². The van der Waals surface area contributed by atoms with E-state index in [4.69, 9.17) is 18.6 Å². The van der Waals surface area contributed by atoms with Crippen LogP contribution in [0.1, 0.15) is 40.2 Å². The van der Waals surface area contributed by atoms with E-state index in [2.05, 4.69) is 25.3 Å². The van der Waals surface area contributed by atoms with Crippen molar-refractivity contribution in [2.45, 2.75) is 44.9 Å². The van der Waals surface area contributed by atoms with Gasteiger partial charge in [0.2, 0.25) is 15.7 Å². The minimum absolute atomic E-state index is 0.140. The first kappa shape index (κ1) is 23.0. The van der Waals surface area contributed by atoms with Crippen LogP contribution in [-0.4, -0.2) is 43.1 Å². The first-order valence-corrected chi connectivity index (χ1v) is 10.7. The molecule has 0 radical (unpaired) electrons. The molecule has 0 amide bonds. The van der Waals surface area contributed by atoms with Gasteiger partial charge in [0.1, 0.15) is 7.05 Å². The van der Waals surface area contributed by atoms with Crippen LogP contribution in [0.4, 0.5) is 5.69 Å². The van der Waals surface area contributed by atoms with Gasteiger partial charge in [-0.25, -0.2) is 31.6 Å². The van der Waals surface area contributed by atoms with Crippen molar-refractivity contribution in [1.82, 2.24) is 4.31 Å². The van der Waals surface area contributed by atoms with Crippen LogP contribution in [-0.2, 0) is 15.4 Å². The molecule has 2 rings (SSSR count). The topological polar surface area (TPSA) is 133 Å². The number of nitrogens with zero attached hydrogens (tertiary/aromatic N) is 2. The van der Waals surface area contributed by atoms with E-state index >= 15 is 0 Å². The highest BCUT2D eigenvalue weighted by Gasteiger charge is 2.42. The van der Waals surface area contributed by atoms with Gasteiger partial charge in [-0.1, -0.05) is 13.8 Å². The number of rotatable bonds is 4. The molecule has 1 aliphatic heterocycles. The van der Waals surface area contributed by atoms with Crippen LogP contribution in [0.2, 0.25) is 0 Å². The van der Waals surface area contributed by atoms with Gasteiger partial charge < -0.3 is 0 Å². The molecular formula is C16H25ClN2O6S. The number of hydrogen-bond donors (Lipinski definition) is 0. The van der Waals surface area contributed by atoms with Crippen LogP contribution in [0.15, 0.2) is 23.1 Å². The number of fused-ring (bicyclic) bond motifs is 1. The standard InChI is InChI=1S/C16H25N2O2S.ClHO4/c1-7-18(8-2)21(19,20)13-9-10-15-14(11-13)16(4,5)12(3)17(15)6;2-1(3,4)5/h9-11H,7-8H2,1-6H3;(H,2,3,4,5)/q+1;/p-1. The van der Waals surface area contributed by atoms with Crippen LogP contribution < -0.4 is 18.6 Å². The Morgan fingerprint density at radius 2 is 1.58 bits per heavy atom. The highest BCUT2D eigenvalue weighted by Crippen LogP contribution is 2.40. The predicted molar refractivity (Wildman–Crippen MR) is 86.1 cm³/mol. The molecule has 26 heavy (non-hydrogen) atoms. The van der Waals surface area contributed by atoms with Gasteiger partial charge in [0.25, 0.3) is 0 Å². The molecule has 0 N–H and O–H groups in total. The SMILES string of the molecule is CCN(CC)S(=O)(=O)c1ccc2c(c1)C(C)(C)C(C)=[N+]2C.[O-][Cl+3]([O-])([O-])[O-]. The average molecular weight is 409 g/mol. The van der Waals surface area contributed by atoms with E-state index in [-0.39, 0.29) is 5.41 Å². The van der Waals surface area contributed by atoms with Crippen LogP contribution in [0, 0.1) is 10.2 Å². The molecule has 1 aromatic carbocycles. The first-order chi connectivity index (χ1) is 11.7. The lowest BCUT2D eigenvalue weighted by atomic mass is 9.82. The molecule has 0 unspecified atom stereocenters. The van der Waals surface area contributed by atoms with E-state index in [1.54, 1.807) is 6.07 Å². The number of sulfonamides is 1. The summed E-state index contributed by atoms with van der Waals surface area (Å²) in [5.41, 5.74) is 3.26. The molecule has 1 aromatic rings. The summed E-state index contributed by atoms with van der Waals surface area (Å²) < 4.78 is 63.0. The lowest BCUT2D eigenvalue weighted by Gasteiger charge is -2.20. The van der Waals surface area contributed by atoms with Crippen molar-refractivity contribution in [3.8, 4) is 0 Å². The lowest BCUT2D eigenvalue weighted by molar-refractivity contribution is -2.00. The van der Waals surface area contributed by atoms with Crippen molar-refractivity contribution in [2.24, 2.45) is 0 Å². The van der Waals surface area contributed by atoms with Crippen molar-refractivity contribution in [2.75, 3.05) is 20.1 Å². The largest absolute Gasteiger partial charge is 0.243 e. The molecule has 10 heteroatoms. The lowest BCUT2D eigenvalue weighted by Crippen LogP contribution is -2.68. The van der Waals surface area contributed by atoms with E-state index in [0.717, 1.165) is 11.3 Å². The minimum Gasteiger partial charge on any atom is -0.222 e. The molecule has 1 heterocycles. The summed E-state index contributed by atoms with van der Waals surface area (Å²) >= 11 is 0. The maximum atomic E-state index is 12.7. The minimum atomic E-state index is -4.94. The Hall–Kier alpha value is -1.07. The van der Waals surface area contributed by atoms with Gasteiger partial charge in [-0.15, -0.1) is 10.2 Å². The van der Waals surface area contributed by atoms with Crippen molar-refractivity contribution in [1.29, 1.82) is 0 Å². The fraction of sp³-hybridized carbons (Fsp3) is 0.562. The molecule has 0 atom stereocenters. The Morgan fingerprint density at radius 1 is 1.12 bits per heavy atom. The molecule has 0 aromatic heterocycles. The van der Waals surface area contributed by atoms with Crippen molar-refractivity contribution >= 4 is 21.4 Å². The van der Waals surface area contributed by atoms with Gasteiger partial charge in [-0.3, -0.25) is 0 Å². The van der Waals surface area contributed by atoms with Gasteiger partial charge in [-0.05, 0) is 26.0 Å². The predicted octanol–water partition coefficient (Wildman–Crippen LogP) is -2.01. The Kier molecular flexibility index (Phi) is 6.97. The van der Waals surface area contributed by atoms with Crippen molar-refractivity contribution < 1.29 is 41.9 Å². The molecule has 148 valence electrons. The quantitative estimate of drug-likeness (QED) is 0.528. The molecule has 0 saturated carbocycles. The molecular weight excluding hydrogens is 384 g/mol. The number of halogens is 1. The fourth-order valence-electron chi connectivity index (χ4n) is 2.98. The number of benzene rings is 1. The zero-order valence-corrected chi connectivity index (χ0v) is 17.3. The summed E-state index contributed by atoms with van der Waals surface area (Å²) in [5, 5.41) is 0. The summed E-state index contributed by atoms with van der Waals surface area (Å²) in [7, 11) is -6.32. The molecule has 0 spiro atoms. The van der Waals surface area contributed by atoms with Crippen molar-refractivity contribution in [3.63, 3.8) is 0 Å².